The second kappa shape index (κ2) is 5.05. The molecule has 0 radical (unpaired) electrons. The smallest absolute Gasteiger partial charge is 0.165 e. The molecule has 2 aromatic heterocycles. The molecule has 0 aliphatic heterocycles. The molecular weight excluding hydrogens is 286 g/mol. The van der Waals surface area contributed by atoms with Crippen molar-refractivity contribution in [2.24, 2.45) is 0 Å². The van der Waals surface area contributed by atoms with Crippen LogP contribution in [0, 0.1) is 0 Å². The standard InChI is InChI=1S/C18H19N5/c1-2-6-14-12(4-1)5-3-7-15(14)22-17-16-18(20-10-19-17)23(11-21-16)13-8-9-13/h1-2,4,6,10-11,13,15H,3,5,7-9H2,(H,19,20,22). The van der Waals surface area contributed by atoms with E-state index in [1.54, 1.807) is 6.33 Å². The summed E-state index contributed by atoms with van der Waals surface area (Å²) in [5, 5.41) is 3.63. The highest BCUT2D eigenvalue weighted by molar-refractivity contribution is 5.83. The predicted molar refractivity (Wildman–Crippen MR) is 89.3 cm³/mol. The van der Waals surface area contributed by atoms with Crippen LogP contribution in [0.5, 0.6) is 0 Å². The van der Waals surface area contributed by atoms with Gasteiger partial charge in [-0.25, -0.2) is 15.0 Å². The maximum absolute atomic E-state index is 4.58. The van der Waals surface area contributed by atoms with Crippen LogP contribution in [0.4, 0.5) is 5.82 Å². The molecule has 1 unspecified atom stereocenters. The van der Waals surface area contributed by atoms with Crippen molar-refractivity contribution >= 4 is 17.0 Å². The van der Waals surface area contributed by atoms with Crippen LogP contribution in [-0.2, 0) is 6.42 Å². The minimum absolute atomic E-state index is 0.309. The second-order valence-electron chi connectivity index (χ2n) is 6.57. The number of hydrogen-bond donors (Lipinski definition) is 1. The van der Waals surface area contributed by atoms with Crippen LogP contribution in [0.25, 0.3) is 11.2 Å². The van der Waals surface area contributed by atoms with Gasteiger partial charge in [0.15, 0.2) is 11.5 Å². The Balaban J connectivity index is 1.53. The van der Waals surface area contributed by atoms with Crippen molar-refractivity contribution in [3.63, 3.8) is 0 Å². The van der Waals surface area contributed by atoms with Crippen molar-refractivity contribution < 1.29 is 0 Å². The highest BCUT2D eigenvalue weighted by atomic mass is 15.2. The topological polar surface area (TPSA) is 55.6 Å². The molecule has 2 heterocycles. The lowest BCUT2D eigenvalue weighted by Crippen LogP contribution is -2.18. The van der Waals surface area contributed by atoms with Gasteiger partial charge < -0.3 is 9.88 Å². The van der Waals surface area contributed by atoms with Crippen LogP contribution in [0.3, 0.4) is 0 Å². The van der Waals surface area contributed by atoms with Gasteiger partial charge >= 0.3 is 0 Å². The first-order chi connectivity index (χ1) is 11.4. The molecule has 1 fully saturated rings. The van der Waals surface area contributed by atoms with E-state index in [1.165, 1.54) is 36.8 Å². The highest BCUT2D eigenvalue weighted by Gasteiger charge is 2.27. The number of fused-ring (bicyclic) bond motifs is 2. The molecular formula is C18H19N5. The van der Waals surface area contributed by atoms with Crippen LogP contribution < -0.4 is 5.32 Å². The average molecular weight is 305 g/mol. The summed E-state index contributed by atoms with van der Waals surface area (Å²) in [6, 6.07) is 9.60. The summed E-state index contributed by atoms with van der Waals surface area (Å²) in [5.74, 6) is 0.858. The number of rotatable bonds is 3. The maximum atomic E-state index is 4.58. The highest BCUT2D eigenvalue weighted by Crippen LogP contribution is 2.38. The van der Waals surface area contributed by atoms with Gasteiger partial charge in [-0.1, -0.05) is 24.3 Å². The van der Waals surface area contributed by atoms with Gasteiger partial charge in [0.2, 0.25) is 0 Å². The SMILES string of the molecule is c1ccc2c(c1)CCCC2Nc1ncnc2c1ncn2C1CC1. The number of anilines is 1. The molecule has 1 atom stereocenters. The molecule has 1 N–H and O–H groups in total. The number of nitrogens with zero attached hydrogens (tertiary/aromatic N) is 4. The largest absolute Gasteiger partial charge is 0.361 e. The molecule has 0 amide bonds. The van der Waals surface area contributed by atoms with E-state index in [1.807, 2.05) is 6.33 Å². The van der Waals surface area contributed by atoms with E-state index in [0.717, 1.165) is 23.4 Å². The number of aryl methyl sites for hydroxylation is 1. The maximum Gasteiger partial charge on any atom is 0.165 e. The lowest BCUT2D eigenvalue weighted by Gasteiger charge is -2.26. The van der Waals surface area contributed by atoms with Gasteiger partial charge in [-0.05, 0) is 43.2 Å². The molecule has 0 saturated heterocycles. The summed E-state index contributed by atoms with van der Waals surface area (Å²) in [4.78, 5) is 13.5. The zero-order valence-electron chi connectivity index (χ0n) is 12.9. The van der Waals surface area contributed by atoms with Crippen molar-refractivity contribution in [1.82, 2.24) is 19.5 Å². The third kappa shape index (κ3) is 2.19. The molecule has 5 heteroatoms. The van der Waals surface area contributed by atoms with Gasteiger partial charge in [0.05, 0.1) is 12.4 Å². The molecule has 5 nitrogen and oxygen atoms in total. The van der Waals surface area contributed by atoms with E-state index >= 15 is 0 Å². The summed E-state index contributed by atoms with van der Waals surface area (Å²) in [7, 11) is 0. The Morgan fingerprint density at radius 3 is 2.87 bits per heavy atom. The first kappa shape index (κ1) is 13.0. The predicted octanol–water partition coefficient (Wildman–Crippen LogP) is 3.65. The molecule has 0 spiro atoms. The van der Waals surface area contributed by atoms with E-state index < -0.39 is 0 Å². The second-order valence-corrected chi connectivity index (χ2v) is 6.57. The normalized spacial score (nSPS) is 20.4. The van der Waals surface area contributed by atoms with Crippen LogP contribution in [0.1, 0.15) is 48.9 Å². The zero-order chi connectivity index (χ0) is 15.2. The third-order valence-electron chi connectivity index (χ3n) is 4.98. The van der Waals surface area contributed by atoms with Crippen LogP contribution in [0.15, 0.2) is 36.9 Å². The fourth-order valence-electron chi connectivity index (χ4n) is 3.65. The van der Waals surface area contributed by atoms with Crippen LogP contribution in [-0.4, -0.2) is 19.5 Å². The molecule has 116 valence electrons. The van der Waals surface area contributed by atoms with E-state index in [2.05, 4.69) is 49.1 Å². The molecule has 0 bridgehead atoms. The minimum atomic E-state index is 0.309. The van der Waals surface area contributed by atoms with E-state index in [9.17, 15) is 0 Å². The third-order valence-corrected chi connectivity index (χ3v) is 4.98. The molecule has 1 saturated carbocycles. The fraction of sp³-hybridized carbons (Fsp3) is 0.389. The summed E-state index contributed by atoms with van der Waals surface area (Å²) in [6.45, 7) is 0. The summed E-state index contributed by atoms with van der Waals surface area (Å²) >= 11 is 0. The Morgan fingerprint density at radius 2 is 1.96 bits per heavy atom. The van der Waals surface area contributed by atoms with Crippen molar-refractivity contribution in [1.29, 1.82) is 0 Å². The molecule has 2 aliphatic rings. The Bertz CT molecular complexity index is 865. The number of aromatic nitrogens is 4. The zero-order valence-corrected chi connectivity index (χ0v) is 12.9. The Labute approximate surface area is 134 Å². The van der Waals surface area contributed by atoms with Crippen molar-refractivity contribution in [3.05, 3.63) is 48.0 Å². The molecule has 23 heavy (non-hydrogen) atoms. The van der Waals surface area contributed by atoms with Crippen LogP contribution >= 0.6 is 0 Å². The first-order valence-corrected chi connectivity index (χ1v) is 8.42. The molecule has 3 aromatic rings. The van der Waals surface area contributed by atoms with Crippen molar-refractivity contribution in [3.8, 4) is 0 Å². The van der Waals surface area contributed by atoms with Gasteiger partial charge in [0.25, 0.3) is 0 Å². The van der Waals surface area contributed by atoms with Gasteiger partial charge in [0.1, 0.15) is 11.8 Å². The molecule has 1 aromatic carbocycles. The number of benzene rings is 1. The monoisotopic (exact) mass is 305 g/mol. The van der Waals surface area contributed by atoms with E-state index in [4.69, 9.17) is 0 Å². The van der Waals surface area contributed by atoms with Crippen molar-refractivity contribution in [2.75, 3.05) is 5.32 Å². The first-order valence-electron chi connectivity index (χ1n) is 8.42. The van der Waals surface area contributed by atoms with E-state index in [0.29, 0.717) is 12.1 Å². The summed E-state index contributed by atoms with van der Waals surface area (Å²) in [5.41, 5.74) is 4.69. The lowest BCUT2D eigenvalue weighted by molar-refractivity contribution is 0.599. The fourth-order valence-corrected chi connectivity index (χ4v) is 3.65. The van der Waals surface area contributed by atoms with Crippen molar-refractivity contribution in [2.45, 2.75) is 44.2 Å². The van der Waals surface area contributed by atoms with Crippen LogP contribution in [0.2, 0.25) is 0 Å². The van der Waals surface area contributed by atoms with Gasteiger partial charge in [-0.15, -0.1) is 0 Å². The van der Waals surface area contributed by atoms with Gasteiger partial charge in [0, 0.05) is 6.04 Å². The van der Waals surface area contributed by atoms with Gasteiger partial charge in [-0.3, -0.25) is 0 Å². The Morgan fingerprint density at radius 1 is 1.04 bits per heavy atom. The van der Waals surface area contributed by atoms with Gasteiger partial charge in [-0.2, -0.15) is 0 Å². The summed E-state index contributed by atoms with van der Waals surface area (Å²) < 4.78 is 2.19. The minimum Gasteiger partial charge on any atom is -0.361 e. The number of nitrogens with one attached hydrogen (secondary N) is 1. The summed E-state index contributed by atoms with van der Waals surface area (Å²) in [6.07, 6.45) is 9.54. The average Bonchev–Trinajstić information content (AvgIpc) is 3.34. The molecule has 5 rings (SSSR count). The van der Waals surface area contributed by atoms with E-state index in [-0.39, 0.29) is 0 Å². The number of hydrogen-bond acceptors (Lipinski definition) is 4. The Hall–Kier alpha value is -2.43. The molecule has 2 aliphatic carbocycles. The number of imidazole rings is 1. The lowest BCUT2D eigenvalue weighted by atomic mass is 9.88. The Kier molecular flexibility index (Phi) is 2.86. The quantitative estimate of drug-likeness (QED) is 0.802.